The number of carboxylic acid groups (broad SMARTS) is 1. The van der Waals surface area contributed by atoms with Gasteiger partial charge in [-0.3, -0.25) is 14.6 Å². The van der Waals surface area contributed by atoms with Crippen molar-refractivity contribution >= 4 is 5.97 Å². The highest BCUT2D eigenvalue weighted by Crippen LogP contribution is 2.43. The summed E-state index contributed by atoms with van der Waals surface area (Å²) in [4.78, 5) is 16.2. The van der Waals surface area contributed by atoms with Gasteiger partial charge in [-0.1, -0.05) is 6.92 Å². The van der Waals surface area contributed by atoms with E-state index in [1.807, 2.05) is 0 Å². The lowest BCUT2D eigenvalue weighted by molar-refractivity contribution is -0.137. The Morgan fingerprint density at radius 2 is 2.00 bits per heavy atom. The number of carbonyl (C=O) groups is 1. The first kappa shape index (κ1) is 15.3. The van der Waals surface area contributed by atoms with Crippen LogP contribution in [-0.4, -0.2) is 59.1 Å². The van der Waals surface area contributed by atoms with Crippen LogP contribution in [0.25, 0.3) is 0 Å². The van der Waals surface area contributed by atoms with Crippen LogP contribution in [0.2, 0.25) is 0 Å². The van der Waals surface area contributed by atoms with E-state index in [2.05, 4.69) is 16.7 Å². The molecule has 0 bridgehead atoms. The molecule has 1 unspecified atom stereocenters. The van der Waals surface area contributed by atoms with Crippen molar-refractivity contribution in [3.05, 3.63) is 0 Å². The summed E-state index contributed by atoms with van der Waals surface area (Å²) in [6, 6.07) is 1.42. The van der Waals surface area contributed by atoms with Crippen LogP contribution in [0.1, 0.15) is 51.9 Å². The topological polar surface area (TPSA) is 43.8 Å². The third-order valence-electron chi connectivity index (χ3n) is 6.08. The number of carboxylic acids is 1. The van der Waals surface area contributed by atoms with E-state index in [1.165, 1.54) is 45.3 Å². The summed E-state index contributed by atoms with van der Waals surface area (Å²) in [5.41, 5.74) is 0. The number of hydrogen-bond donors (Lipinski definition) is 1. The number of likely N-dealkylation sites (tertiary alicyclic amines) is 1. The molecule has 0 saturated carbocycles. The molecule has 4 nitrogen and oxygen atoms in total. The minimum atomic E-state index is -0.644. The van der Waals surface area contributed by atoms with Gasteiger partial charge < -0.3 is 5.11 Å². The van der Waals surface area contributed by atoms with Gasteiger partial charge in [-0.05, 0) is 70.0 Å². The number of piperidine rings is 3. The summed E-state index contributed by atoms with van der Waals surface area (Å²) in [6.45, 7) is 7.23. The first-order valence-corrected chi connectivity index (χ1v) is 8.90. The molecule has 0 radical (unpaired) electrons. The van der Waals surface area contributed by atoms with E-state index in [0.29, 0.717) is 12.5 Å². The normalized spacial score (nSPS) is 37.2. The standard InChI is InChI=1S/C17H30N2O2/c1-2-18-12-13-6-4-10-19-11-5-7-14(17(13)19)15(18)8-3-9-16(20)21/h13-15,17H,2-12H2,1H3,(H,20,21)/t13-,14+,15?,17-/m0/s1. The Morgan fingerprint density at radius 3 is 2.71 bits per heavy atom. The van der Waals surface area contributed by atoms with Crippen LogP contribution in [0.3, 0.4) is 0 Å². The van der Waals surface area contributed by atoms with Crippen molar-refractivity contribution in [1.29, 1.82) is 0 Å². The van der Waals surface area contributed by atoms with Gasteiger partial charge >= 0.3 is 5.97 Å². The average molecular weight is 294 g/mol. The summed E-state index contributed by atoms with van der Waals surface area (Å²) in [5.74, 6) is 1.00. The molecule has 0 aromatic rings. The minimum Gasteiger partial charge on any atom is -0.481 e. The molecule has 3 aliphatic rings. The Morgan fingerprint density at radius 1 is 1.24 bits per heavy atom. The first-order chi connectivity index (χ1) is 10.2. The summed E-state index contributed by atoms with van der Waals surface area (Å²) >= 11 is 0. The molecular formula is C17H30N2O2. The van der Waals surface area contributed by atoms with Gasteiger partial charge in [-0.2, -0.15) is 0 Å². The largest absolute Gasteiger partial charge is 0.481 e. The monoisotopic (exact) mass is 294 g/mol. The van der Waals surface area contributed by atoms with Gasteiger partial charge in [0.25, 0.3) is 0 Å². The van der Waals surface area contributed by atoms with Gasteiger partial charge in [-0.25, -0.2) is 0 Å². The summed E-state index contributed by atoms with van der Waals surface area (Å²) in [7, 11) is 0. The fraction of sp³-hybridized carbons (Fsp3) is 0.941. The van der Waals surface area contributed by atoms with Crippen molar-refractivity contribution in [2.45, 2.75) is 64.0 Å². The maximum Gasteiger partial charge on any atom is 0.303 e. The average Bonchev–Trinajstić information content (AvgIpc) is 2.49. The molecule has 3 heterocycles. The molecule has 3 saturated heterocycles. The third kappa shape index (κ3) is 3.11. The Labute approximate surface area is 128 Å². The van der Waals surface area contributed by atoms with Crippen molar-refractivity contribution < 1.29 is 9.90 Å². The van der Waals surface area contributed by atoms with Gasteiger partial charge in [-0.15, -0.1) is 0 Å². The summed E-state index contributed by atoms with van der Waals surface area (Å²) in [5, 5.41) is 8.91. The highest BCUT2D eigenvalue weighted by molar-refractivity contribution is 5.66. The van der Waals surface area contributed by atoms with Crippen LogP contribution in [0.5, 0.6) is 0 Å². The molecule has 21 heavy (non-hydrogen) atoms. The van der Waals surface area contributed by atoms with Crippen molar-refractivity contribution in [1.82, 2.24) is 9.80 Å². The van der Waals surface area contributed by atoms with E-state index >= 15 is 0 Å². The van der Waals surface area contributed by atoms with E-state index in [9.17, 15) is 4.79 Å². The van der Waals surface area contributed by atoms with Crippen molar-refractivity contribution in [2.24, 2.45) is 11.8 Å². The first-order valence-electron chi connectivity index (χ1n) is 8.90. The molecule has 0 aromatic carbocycles. The quantitative estimate of drug-likeness (QED) is 0.846. The highest BCUT2D eigenvalue weighted by Gasteiger charge is 2.47. The Balaban J connectivity index is 1.71. The maximum atomic E-state index is 10.8. The fourth-order valence-corrected chi connectivity index (χ4v) is 5.31. The Hall–Kier alpha value is -0.610. The van der Waals surface area contributed by atoms with E-state index < -0.39 is 5.97 Å². The van der Waals surface area contributed by atoms with E-state index in [4.69, 9.17) is 5.11 Å². The fourth-order valence-electron chi connectivity index (χ4n) is 5.31. The van der Waals surface area contributed by atoms with Crippen LogP contribution >= 0.6 is 0 Å². The lowest BCUT2D eigenvalue weighted by Gasteiger charge is -2.57. The number of aliphatic carboxylic acids is 1. The SMILES string of the molecule is CCN1C[C@@H]2CCCN3CCC[C@H](C1CCCC(=O)O)[C@H]23. The van der Waals surface area contributed by atoms with E-state index in [-0.39, 0.29) is 0 Å². The smallest absolute Gasteiger partial charge is 0.303 e. The summed E-state index contributed by atoms with van der Waals surface area (Å²) < 4.78 is 0. The highest BCUT2D eigenvalue weighted by atomic mass is 16.4. The van der Waals surface area contributed by atoms with E-state index in [0.717, 1.165) is 37.3 Å². The molecule has 120 valence electrons. The second-order valence-corrected chi connectivity index (χ2v) is 7.18. The minimum absolute atomic E-state index is 0.332. The molecular weight excluding hydrogens is 264 g/mol. The molecule has 0 amide bonds. The second-order valence-electron chi connectivity index (χ2n) is 7.18. The van der Waals surface area contributed by atoms with Crippen LogP contribution in [0.15, 0.2) is 0 Å². The van der Waals surface area contributed by atoms with Gasteiger partial charge in [0, 0.05) is 25.0 Å². The zero-order valence-electron chi connectivity index (χ0n) is 13.3. The lowest BCUT2D eigenvalue weighted by Crippen LogP contribution is -2.64. The molecule has 0 spiro atoms. The molecule has 4 atom stereocenters. The van der Waals surface area contributed by atoms with Crippen molar-refractivity contribution in [3.63, 3.8) is 0 Å². The number of hydrogen-bond acceptors (Lipinski definition) is 3. The second kappa shape index (κ2) is 6.66. The number of nitrogens with zero attached hydrogens (tertiary/aromatic N) is 2. The summed E-state index contributed by atoms with van der Waals surface area (Å²) in [6.07, 6.45) is 7.70. The van der Waals surface area contributed by atoms with Crippen LogP contribution in [0, 0.1) is 11.8 Å². The molecule has 0 aliphatic carbocycles. The lowest BCUT2D eigenvalue weighted by atomic mass is 9.69. The van der Waals surface area contributed by atoms with Gasteiger partial charge in [0.15, 0.2) is 0 Å². The van der Waals surface area contributed by atoms with Crippen LogP contribution in [0.4, 0.5) is 0 Å². The maximum absolute atomic E-state index is 10.8. The molecule has 0 aromatic heterocycles. The predicted octanol–water partition coefficient (Wildman–Crippen LogP) is 2.44. The molecule has 4 heteroatoms. The molecule has 3 fully saturated rings. The van der Waals surface area contributed by atoms with Crippen molar-refractivity contribution in [2.75, 3.05) is 26.2 Å². The zero-order valence-corrected chi connectivity index (χ0v) is 13.3. The van der Waals surface area contributed by atoms with Gasteiger partial charge in [0.2, 0.25) is 0 Å². The molecule has 1 N–H and O–H groups in total. The molecule has 3 aliphatic heterocycles. The van der Waals surface area contributed by atoms with Gasteiger partial charge in [0.05, 0.1) is 0 Å². The Kier molecular flexibility index (Phi) is 4.85. The number of rotatable bonds is 5. The predicted molar refractivity (Wildman–Crippen MR) is 83.3 cm³/mol. The van der Waals surface area contributed by atoms with Gasteiger partial charge in [0.1, 0.15) is 0 Å². The third-order valence-corrected chi connectivity index (χ3v) is 6.08. The van der Waals surface area contributed by atoms with Crippen molar-refractivity contribution in [3.8, 4) is 0 Å². The molecule has 3 rings (SSSR count). The Bertz CT molecular complexity index is 372. The van der Waals surface area contributed by atoms with Crippen LogP contribution < -0.4 is 0 Å². The van der Waals surface area contributed by atoms with E-state index in [1.54, 1.807) is 0 Å². The van der Waals surface area contributed by atoms with Crippen LogP contribution in [-0.2, 0) is 4.79 Å². The zero-order chi connectivity index (χ0) is 14.8.